The Hall–Kier alpha value is -2.43. The molecule has 0 atom stereocenters. The van der Waals surface area contributed by atoms with E-state index in [2.05, 4.69) is 0 Å². The summed E-state index contributed by atoms with van der Waals surface area (Å²) in [6.45, 7) is 0. The normalized spacial score (nSPS) is 11.1. The van der Waals surface area contributed by atoms with Gasteiger partial charge >= 0.3 is 0 Å². The number of aromatic hydroxyl groups is 1. The summed E-state index contributed by atoms with van der Waals surface area (Å²) in [6, 6.07) is 2.81. The van der Waals surface area contributed by atoms with Gasteiger partial charge in [0.15, 0.2) is 16.6 Å². The number of rotatable bonds is 1. The molecule has 0 saturated heterocycles. The first-order valence-electron chi connectivity index (χ1n) is 4.91. The Balaban J connectivity index is 2.71. The molecule has 86 valence electrons. The minimum absolute atomic E-state index is 0.0956. The number of hydrogen-bond acceptors (Lipinski definition) is 5. The molecule has 0 fully saturated rings. The van der Waals surface area contributed by atoms with Crippen LogP contribution in [0.25, 0.3) is 21.9 Å². The summed E-state index contributed by atoms with van der Waals surface area (Å²) >= 11 is 0. The third-order valence-electron chi connectivity index (χ3n) is 2.65. The number of furan rings is 1. The van der Waals surface area contributed by atoms with E-state index in [1.807, 2.05) is 0 Å². The second-order valence-electron chi connectivity index (χ2n) is 3.53. The number of methoxy groups -OCH3 is 1. The topological polar surface area (TPSA) is 72.8 Å². The van der Waals surface area contributed by atoms with E-state index in [0.717, 1.165) is 0 Å². The third kappa shape index (κ3) is 1.16. The number of hydrogen-bond donors (Lipinski definition) is 1. The molecule has 0 bridgehead atoms. The van der Waals surface area contributed by atoms with Crippen LogP contribution in [0, 0.1) is 0 Å². The van der Waals surface area contributed by atoms with E-state index in [1.54, 1.807) is 6.07 Å². The molecule has 0 spiro atoms. The Kier molecular flexibility index (Phi) is 1.89. The van der Waals surface area contributed by atoms with Gasteiger partial charge in [-0.2, -0.15) is 0 Å². The van der Waals surface area contributed by atoms with E-state index in [4.69, 9.17) is 13.6 Å². The molecule has 5 heteroatoms. The molecule has 17 heavy (non-hydrogen) atoms. The molecule has 0 amide bonds. The molecule has 5 nitrogen and oxygen atoms in total. The van der Waals surface area contributed by atoms with E-state index in [-0.39, 0.29) is 22.1 Å². The Bertz CT molecular complexity index is 765. The number of benzene rings is 1. The van der Waals surface area contributed by atoms with Crippen LogP contribution in [0.15, 0.2) is 38.3 Å². The SMILES string of the molecule is COc1c2occc2c(O)c2c(=O)ccoc12. The lowest BCUT2D eigenvalue weighted by Gasteiger charge is -2.06. The maximum absolute atomic E-state index is 11.7. The van der Waals surface area contributed by atoms with E-state index in [0.29, 0.717) is 16.7 Å². The summed E-state index contributed by atoms with van der Waals surface area (Å²) in [4.78, 5) is 11.7. The lowest BCUT2D eigenvalue weighted by Crippen LogP contribution is -2.00. The zero-order chi connectivity index (χ0) is 12.0. The van der Waals surface area contributed by atoms with Gasteiger partial charge in [-0.25, -0.2) is 0 Å². The fourth-order valence-electron chi connectivity index (χ4n) is 1.90. The number of phenols is 1. The highest BCUT2D eigenvalue weighted by molar-refractivity contribution is 6.06. The lowest BCUT2D eigenvalue weighted by molar-refractivity contribution is 0.403. The first-order valence-corrected chi connectivity index (χ1v) is 4.91. The van der Waals surface area contributed by atoms with Crippen molar-refractivity contribution in [1.29, 1.82) is 0 Å². The number of phenolic OH excluding ortho intramolecular Hbond substituents is 1. The quantitative estimate of drug-likeness (QED) is 0.696. The molecule has 1 aromatic carbocycles. The van der Waals surface area contributed by atoms with Crippen molar-refractivity contribution >= 4 is 21.9 Å². The maximum Gasteiger partial charge on any atom is 0.206 e. The molecule has 0 aliphatic heterocycles. The van der Waals surface area contributed by atoms with Crippen molar-refractivity contribution in [2.75, 3.05) is 7.11 Å². The van der Waals surface area contributed by atoms with Gasteiger partial charge < -0.3 is 18.7 Å². The fraction of sp³-hybridized carbons (Fsp3) is 0.0833. The van der Waals surface area contributed by atoms with Gasteiger partial charge in [-0.3, -0.25) is 4.79 Å². The van der Waals surface area contributed by atoms with Crippen molar-refractivity contribution in [3.8, 4) is 11.5 Å². The molecule has 1 N–H and O–H groups in total. The van der Waals surface area contributed by atoms with Gasteiger partial charge in [0.05, 0.1) is 25.0 Å². The summed E-state index contributed by atoms with van der Waals surface area (Å²) in [7, 11) is 1.45. The first kappa shape index (κ1) is 9.77. The van der Waals surface area contributed by atoms with Crippen LogP contribution in [-0.4, -0.2) is 12.2 Å². The Morgan fingerprint density at radius 2 is 1.88 bits per heavy atom. The highest BCUT2D eigenvalue weighted by Crippen LogP contribution is 2.40. The highest BCUT2D eigenvalue weighted by atomic mass is 16.5. The van der Waals surface area contributed by atoms with Gasteiger partial charge in [-0.1, -0.05) is 0 Å². The lowest BCUT2D eigenvalue weighted by atomic mass is 10.1. The van der Waals surface area contributed by atoms with Crippen molar-refractivity contribution in [2.24, 2.45) is 0 Å². The molecule has 0 radical (unpaired) electrons. The smallest absolute Gasteiger partial charge is 0.206 e. The summed E-state index contributed by atoms with van der Waals surface area (Å²) in [5.41, 5.74) is 0.206. The standard InChI is InChI=1S/C12H8O5/c1-15-12-10-6(2-4-16-10)9(14)8-7(13)3-5-17-11(8)12/h2-5,14H,1H3. The van der Waals surface area contributed by atoms with Crippen LogP contribution in [0.5, 0.6) is 11.5 Å². The molecule has 0 aliphatic rings. The maximum atomic E-state index is 11.7. The minimum Gasteiger partial charge on any atom is -0.506 e. The van der Waals surface area contributed by atoms with Gasteiger partial charge in [0.25, 0.3) is 0 Å². The minimum atomic E-state index is -0.329. The van der Waals surface area contributed by atoms with Gasteiger partial charge in [-0.05, 0) is 6.07 Å². The van der Waals surface area contributed by atoms with Crippen molar-refractivity contribution in [2.45, 2.75) is 0 Å². The fourth-order valence-corrected chi connectivity index (χ4v) is 1.90. The average molecular weight is 232 g/mol. The summed E-state index contributed by atoms with van der Waals surface area (Å²) in [5, 5.41) is 10.5. The van der Waals surface area contributed by atoms with Gasteiger partial charge in [-0.15, -0.1) is 0 Å². The molecule has 3 rings (SSSR count). The van der Waals surface area contributed by atoms with E-state index in [9.17, 15) is 9.90 Å². The van der Waals surface area contributed by atoms with Crippen LogP contribution in [-0.2, 0) is 0 Å². The van der Waals surface area contributed by atoms with Gasteiger partial charge in [0, 0.05) is 6.07 Å². The average Bonchev–Trinajstić information content (AvgIpc) is 2.79. The molecule has 0 unspecified atom stereocenters. The summed E-state index contributed by atoms with van der Waals surface area (Å²) < 4.78 is 15.6. The zero-order valence-electron chi connectivity index (χ0n) is 8.89. The molecule has 0 saturated carbocycles. The van der Waals surface area contributed by atoms with Gasteiger partial charge in [0.2, 0.25) is 5.75 Å². The molecule has 2 aromatic heterocycles. The molecule has 3 aromatic rings. The summed E-state index contributed by atoms with van der Waals surface area (Å²) in [6.07, 6.45) is 2.66. The molecule has 0 aliphatic carbocycles. The van der Waals surface area contributed by atoms with Crippen molar-refractivity contribution in [3.05, 3.63) is 34.9 Å². The highest BCUT2D eigenvalue weighted by Gasteiger charge is 2.20. The third-order valence-corrected chi connectivity index (χ3v) is 2.65. The van der Waals surface area contributed by atoms with Crippen LogP contribution < -0.4 is 10.2 Å². The van der Waals surface area contributed by atoms with E-state index in [1.165, 1.54) is 25.7 Å². The number of ether oxygens (including phenoxy) is 1. The predicted octanol–water partition coefficient (Wildman–Crippen LogP) is 2.25. The second-order valence-corrected chi connectivity index (χ2v) is 3.53. The van der Waals surface area contributed by atoms with E-state index < -0.39 is 0 Å². The predicted molar refractivity (Wildman–Crippen MR) is 60.5 cm³/mol. The first-order chi connectivity index (χ1) is 8.24. The Morgan fingerprint density at radius 1 is 1.18 bits per heavy atom. The van der Waals surface area contributed by atoms with Crippen LogP contribution in [0.1, 0.15) is 0 Å². The Morgan fingerprint density at radius 3 is 2.65 bits per heavy atom. The summed E-state index contributed by atoms with van der Waals surface area (Å²) in [5.74, 6) is 0.148. The molecular formula is C12H8O5. The second kappa shape index (κ2) is 3.28. The van der Waals surface area contributed by atoms with Crippen molar-refractivity contribution in [3.63, 3.8) is 0 Å². The van der Waals surface area contributed by atoms with Crippen molar-refractivity contribution < 1.29 is 18.7 Å². The van der Waals surface area contributed by atoms with E-state index >= 15 is 0 Å². The van der Waals surface area contributed by atoms with Crippen LogP contribution in [0.2, 0.25) is 0 Å². The molecular weight excluding hydrogens is 224 g/mol. The Labute approximate surface area is 94.8 Å². The molecule has 2 heterocycles. The van der Waals surface area contributed by atoms with Crippen LogP contribution in [0.3, 0.4) is 0 Å². The largest absolute Gasteiger partial charge is 0.506 e. The van der Waals surface area contributed by atoms with Crippen molar-refractivity contribution in [1.82, 2.24) is 0 Å². The van der Waals surface area contributed by atoms with Crippen LogP contribution in [0.4, 0.5) is 0 Å². The zero-order valence-corrected chi connectivity index (χ0v) is 8.89. The number of fused-ring (bicyclic) bond motifs is 2. The monoisotopic (exact) mass is 232 g/mol. The van der Waals surface area contributed by atoms with Gasteiger partial charge in [0.1, 0.15) is 11.1 Å². The van der Waals surface area contributed by atoms with Crippen LogP contribution >= 0.6 is 0 Å².